The van der Waals surface area contributed by atoms with E-state index in [4.69, 9.17) is 0 Å². The summed E-state index contributed by atoms with van der Waals surface area (Å²) < 4.78 is 51.8. The van der Waals surface area contributed by atoms with Crippen LogP contribution in [0, 0.1) is 17.0 Å². The van der Waals surface area contributed by atoms with Gasteiger partial charge in [0, 0.05) is 11.6 Å². The van der Waals surface area contributed by atoms with E-state index >= 15 is 0 Å². The molecule has 1 aromatic rings. The number of carbonyl (C=O) groups excluding carboxylic acids is 1. The zero-order valence-electron chi connectivity index (χ0n) is 12.9. The fraction of sp³-hybridized carbons (Fsp3) is 0.500. The highest BCUT2D eigenvalue weighted by molar-refractivity contribution is 7.90. The Morgan fingerprint density at radius 2 is 1.86 bits per heavy atom. The van der Waals surface area contributed by atoms with Crippen LogP contribution in [0.25, 0.3) is 0 Å². The molecule has 0 aliphatic carbocycles. The molecule has 0 spiro atoms. The van der Waals surface area contributed by atoms with Crippen LogP contribution in [0.1, 0.15) is 32.4 Å². The van der Waals surface area contributed by atoms with Gasteiger partial charge in [0.1, 0.15) is 17.4 Å². The lowest BCUT2D eigenvalue weighted by molar-refractivity contribution is -0.120. The zero-order valence-corrected chi connectivity index (χ0v) is 13.7. The number of carbonyl (C=O) groups is 1. The molecule has 0 aliphatic rings. The molecule has 1 atom stereocenters. The van der Waals surface area contributed by atoms with Crippen molar-refractivity contribution in [2.75, 3.05) is 12.8 Å². The molecule has 0 bridgehead atoms. The number of nitrogens with one attached hydrogen (secondary N) is 2. The monoisotopic (exact) mass is 334 g/mol. The lowest BCUT2D eigenvalue weighted by atomic mass is 9.82. The van der Waals surface area contributed by atoms with Crippen molar-refractivity contribution in [3.63, 3.8) is 0 Å². The quantitative estimate of drug-likeness (QED) is 0.861. The van der Waals surface area contributed by atoms with Gasteiger partial charge in [-0.2, -0.15) is 0 Å². The van der Waals surface area contributed by atoms with Gasteiger partial charge in [-0.3, -0.25) is 4.79 Å². The van der Waals surface area contributed by atoms with E-state index < -0.39 is 44.8 Å². The largest absolute Gasteiger partial charge is 0.348 e. The van der Waals surface area contributed by atoms with Gasteiger partial charge in [-0.15, -0.1) is 0 Å². The zero-order chi connectivity index (χ0) is 17.1. The molecule has 0 fully saturated rings. The van der Waals surface area contributed by atoms with E-state index in [1.54, 1.807) is 20.8 Å². The third-order valence-corrected chi connectivity index (χ3v) is 4.34. The number of hydrogen-bond donors (Lipinski definition) is 2. The van der Waals surface area contributed by atoms with Gasteiger partial charge in [0.2, 0.25) is 15.9 Å². The molecule has 8 heteroatoms. The highest BCUT2D eigenvalue weighted by atomic mass is 32.2. The highest BCUT2D eigenvalue weighted by Gasteiger charge is 2.31. The molecule has 0 saturated carbocycles. The summed E-state index contributed by atoms with van der Waals surface area (Å²) in [5.41, 5.74) is -0.498. The average molecular weight is 334 g/mol. The normalized spacial score (nSPS) is 13.7. The van der Waals surface area contributed by atoms with Crippen molar-refractivity contribution < 1.29 is 22.0 Å². The smallest absolute Gasteiger partial charge is 0.237 e. The Kier molecular flexibility index (Phi) is 5.64. The Hall–Kier alpha value is -1.54. The SMILES string of the molecule is CNS(=O)(=O)CC(=O)NC(c1ccc(F)cc1F)C(C)(C)C. The van der Waals surface area contributed by atoms with Crippen LogP contribution in [0.3, 0.4) is 0 Å². The Balaban J connectivity index is 3.08. The summed E-state index contributed by atoms with van der Waals surface area (Å²) in [7, 11) is -2.53. The van der Waals surface area contributed by atoms with Crippen molar-refractivity contribution >= 4 is 15.9 Å². The number of benzene rings is 1. The van der Waals surface area contributed by atoms with Crippen molar-refractivity contribution in [3.05, 3.63) is 35.4 Å². The van der Waals surface area contributed by atoms with E-state index in [2.05, 4.69) is 5.32 Å². The van der Waals surface area contributed by atoms with Crippen molar-refractivity contribution in [1.29, 1.82) is 0 Å². The van der Waals surface area contributed by atoms with Gasteiger partial charge in [-0.05, 0) is 18.5 Å². The number of rotatable bonds is 5. The Morgan fingerprint density at radius 1 is 1.27 bits per heavy atom. The summed E-state index contributed by atoms with van der Waals surface area (Å²) in [6, 6.07) is 2.26. The molecule has 0 heterocycles. The molecule has 5 nitrogen and oxygen atoms in total. The van der Waals surface area contributed by atoms with Gasteiger partial charge < -0.3 is 5.32 Å². The summed E-state index contributed by atoms with van der Waals surface area (Å²) in [4.78, 5) is 11.9. The average Bonchev–Trinajstić information content (AvgIpc) is 2.35. The second-order valence-electron chi connectivity index (χ2n) is 6.00. The second kappa shape index (κ2) is 6.70. The van der Waals surface area contributed by atoms with E-state index in [0.29, 0.717) is 0 Å². The molecular weight excluding hydrogens is 314 g/mol. The molecule has 0 aromatic heterocycles. The van der Waals surface area contributed by atoms with Crippen LogP contribution in [0.2, 0.25) is 0 Å². The van der Waals surface area contributed by atoms with Crippen LogP contribution in [-0.4, -0.2) is 27.1 Å². The Labute approximate surface area is 129 Å². The maximum absolute atomic E-state index is 14.0. The van der Waals surface area contributed by atoms with Crippen molar-refractivity contribution in [1.82, 2.24) is 10.0 Å². The van der Waals surface area contributed by atoms with Crippen LogP contribution in [-0.2, 0) is 14.8 Å². The number of halogens is 2. The van der Waals surface area contributed by atoms with Crippen LogP contribution < -0.4 is 10.0 Å². The molecule has 124 valence electrons. The van der Waals surface area contributed by atoms with Crippen molar-refractivity contribution in [2.45, 2.75) is 26.8 Å². The first-order valence-corrected chi connectivity index (χ1v) is 8.27. The predicted molar refractivity (Wildman–Crippen MR) is 79.5 cm³/mol. The lowest BCUT2D eigenvalue weighted by Gasteiger charge is -2.32. The molecule has 1 rings (SSSR count). The molecule has 1 unspecified atom stereocenters. The van der Waals surface area contributed by atoms with Gasteiger partial charge in [0.25, 0.3) is 0 Å². The van der Waals surface area contributed by atoms with Gasteiger partial charge in [0.05, 0.1) is 6.04 Å². The summed E-state index contributed by atoms with van der Waals surface area (Å²) in [5.74, 6) is -3.05. The number of amides is 1. The number of hydrogen-bond acceptors (Lipinski definition) is 3. The minimum atomic E-state index is -3.72. The maximum Gasteiger partial charge on any atom is 0.237 e. The van der Waals surface area contributed by atoms with E-state index in [0.717, 1.165) is 12.1 Å². The first kappa shape index (κ1) is 18.5. The molecule has 0 radical (unpaired) electrons. The predicted octanol–water partition coefficient (Wildman–Crippen LogP) is 1.72. The minimum absolute atomic E-state index is 0.101. The number of sulfonamides is 1. The fourth-order valence-electron chi connectivity index (χ4n) is 1.94. The molecule has 0 aliphatic heterocycles. The minimum Gasteiger partial charge on any atom is -0.348 e. The van der Waals surface area contributed by atoms with Crippen LogP contribution >= 0.6 is 0 Å². The summed E-state index contributed by atoms with van der Waals surface area (Å²) >= 11 is 0. The van der Waals surface area contributed by atoms with E-state index in [1.165, 1.54) is 13.1 Å². The standard InChI is InChI=1S/C14H20F2N2O3S/c1-14(2,3)13(10-6-5-9(15)7-11(10)16)18-12(19)8-22(20,21)17-4/h5-7,13,17H,8H2,1-4H3,(H,18,19). The second-order valence-corrected chi connectivity index (χ2v) is 7.92. The first-order chi connectivity index (χ1) is 9.96. The fourth-order valence-corrected chi connectivity index (χ4v) is 2.52. The highest BCUT2D eigenvalue weighted by Crippen LogP contribution is 2.34. The molecule has 22 heavy (non-hydrogen) atoms. The first-order valence-electron chi connectivity index (χ1n) is 6.62. The molecular formula is C14H20F2N2O3S. The summed E-state index contributed by atoms with van der Waals surface area (Å²) in [6.45, 7) is 5.27. The van der Waals surface area contributed by atoms with Gasteiger partial charge in [0.15, 0.2) is 0 Å². The van der Waals surface area contributed by atoms with Crippen molar-refractivity contribution in [2.24, 2.45) is 5.41 Å². The van der Waals surface area contributed by atoms with Crippen LogP contribution in [0.15, 0.2) is 18.2 Å². The van der Waals surface area contributed by atoms with E-state index in [1.807, 2.05) is 4.72 Å². The van der Waals surface area contributed by atoms with Crippen molar-refractivity contribution in [3.8, 4) is 0 Å². The van der Waals surface area contributed by atoms with E-state index in [9.17, 15) is 22.0 Å². The van der Waals surface area contributed by atoms with Gasteiger partial charge >= 0.3 is 0 Å². The van der Waals surface area contributed by atoms with Crippen LogP contribution in [0.5, 0.6) is 0 Å². The summed E-state index contributed by atoms with van der Waals surface area (Å²) in [5, 5.41) is 2.50. The molecule has 0 saturated heterocycles. The van der Waals surface area contributed by atoms with Gasteiger partial charge in [-0.25, -0.2) is 21.9 Å². The molecule has 2 N–H and O–H groups in total. The topological polar surface area (TPSA) is 75.3 Å². The maximum atomic E-state index is 14.0. The van der Waals surface area contributed by atoms with E-state index in [-0.39, 0.29) is 5.56 Å². The lowest BCUT2D eigenvalue weighted by Crippen LogP contribution is -2.41. The Morgan fingerprint density at radius 3 is 2.32 bits per heavy atom. The molecule has 1 amide bonds. The third kappa shape index (κ3) is 5.03. The molecule has 1 aromatic carbocycles. The third-order valence-electron chi connectivity index (χ3n) is 3.08. The van der Waals surface area contributed by atoms with Crippen LogP contribution in [0.4, 0.5) is 8.78 Å². The Bertz CT molecular complexity index is 655. The van der Waals surface area contributed by atoms with Gasteiger partial charge in [-0.1, -0.05) is 26.8 Å². The summed E-state index contributed by atoms with van der Waals surface area (Å²) in [6.07, 6.45) is 0.